The highest BCUT2D eigenvalue weighted by Crippen LogP contribution is 2.26. The summed E-state index contributed by atoms with van der Waals surface area (Å²) in [6.07, 6.45) is 0. The predicted octanol–water partition coefficient (Wildman–Crippen LogP) is 1.66. The van der Waals surface area contributed by atoms with Crippen LogP contribution in [0.5, 0.6) is 0 Å². The van der Waals surface area contributed by atoms with Gasteiger partial charge in [0.25, 0.3) is 0 Å². The normalized spacial score (nSPS) is 12.6. The number of sulfonamides is 1. The highest BCUT2D eigenvalue weighted by Gasteiger charge is 2.29. The van der Waals surface area contributed by atoms with Crippen molar-refractivity contribution in [2.24, 2.45) is 0 Å². The number of hydrogen-bond donors (Lipinski definition) is 1. The fourth-order valence-corrected chi connectivity index (χ4v) is 3.59. The number of sulfone groups is 1. The van der Waals surface area contributed by atoms with Gasteiger partial charge in [0.15, 0.2) is 0 Å². The zero-order valence-electron chi connectivity index (χ0n) is 9.38. The molecule has 108 valence electrons. The maximum Gasteiger partial charge on any atom is 0.341 e. The fourth-order valence-electron chi connectivity index (χ4n) is 1.22. The number of halogens is 3. The molecule has 0 heterocycles. The Kier molecular flexibility index (Phi) is 5.11. The molecule has 0 atom stereocenters. The van der Waals surface area contributed by atoms with Crippen LogP contribution in [0.3, 0.4) is 0 Å². The van der Waals surface area contributed by atoms with Crippen LogP contribution in [0, 0.1) is 0 Å². The van der Waals surface area contributed by atoms with E-state index in [0.717, 1.165) is 12.1 Å². The lowest BCUT2D eigenvalue weighted by molar-refractivity contribution is 0.235. The van der Waals surface area contributed by atoms with E-state index in [0.29, 0.717) is 0 Å². The van der Waals surface area contributed by atoms with Gasteiger partial charge in [0, 0.05) is 5.88 Å². The topological polar surface area (TPSA) is 80.3 Å². The Morgan fingerprint density at radius 3 is 2.26 bits per heavy atom. The number of anilines is 1. The van der Waals surface area contributed by atoms with Crippen molar-refractivity contribution in [1.82, 2.24) is 0 Å². The lowest BCUT2D eigenvalue weighted by atomic mass is 10.3. The summed E-state index contributed by atoms with van der Waals surface area (Å²) in [4.78, 5) is -0.775. The molecule has 0 saturated carbocycles. The average Bonchev–Trinajstić information content (AvgIpc) is 2.28. The van der Waals surface area contributed by atoms with Crippen molar-refractivity contribution in [3.8, 4) is 0 Å². The molecule has 10 heteroatoms. The van der Waals surface area contributed by atoms with E-state index in [1.807, 2.05) is 4.72 Å². The monoisotopic (exact) mass is 333 g/mol. The molecule has 1 aromatic rings. The predicted molar refractivity (Wildman–Crippen MR) is 67.8 cm³/mol. The second kappa shape index (κ2) is 6.02. The summed E-state index contributed by atoms with van der Waals surface area (Å²) < 4.78 is 72.6. The zero-order chi connectivity index (χ0) is 14.7. The molecule has 0 fully saturated rings. The number of alkyl halides is 3. The van der Waals surface area contributed by atoms with Crippen molar-refractivity contribution in [1.29, 1.82) is 0 Å². The van der Waals surface area contributed by atoms with Crippen molar-refractivity contribution in [3.63, 3.8) is 0 Å². The van der Waals surface area contributed by atoms with Crippen LogP contribution in [0.25, 0.3) is 0 Å². The van der Waals surface area contributed by atoms with Gasteiger partial charge in [-0.15, -0.1) is 11.6 Å². The molecule has 0 aliphatic heterocycles. The molecule has 1 rings (SSSR count). The van der Waals surface area contributed by atoms with Crippen LogP contribution in [0.2, 0.25) is 0 Å². The summed E-state index contributed by atoms with van der Waals surface area (Å²) in [7, 11) is -8.77. The smallest absolute Gasteiger partial charge is 0.282 e. The molecule has 5 nitrogen and oxygen atoms in total. The number of para-hydroxylation sites is 1. The Hall–Kier alpha value is -0.930. The number of nitrogens with one attached hydrogen (secondary N) is 1. The van der Waals surface area contributed by atoms with Crippen LogP contribution in [0.4, 0.5) is 14.5 Å². The zero-order valence-corrected chi connectivity index (χ0v) is 11.8. The summed E-state index contributed by atoms with van der Waals surface area (Å²) in [6.45, 7) is 0. The van der Waals surface area contributed by atoms with Crippen LogP contribution in [-0.4, -0.2) is 34.2 Å². The first-order valence-corrected chi connectivity index (χ1v) is 8.61. The molecule has 19 heavy (non-hydrogen) atoms. The summed E-state index contributed by atoms with van der Waals surface area (Å²) >= 11 is 5.28. The van der Waals surface area contributed by atoms with E-state index in [1.165, 1.54) is 12.1 Å². The van der Waals surface area contributed by atoms with Crippen molar-refractivity contribution in [2.45, 2.75) is 10.7 Å². The van der Waals surface area contributed by atoms with E-state index in [1.54, 1.807) is 0 Å². The maximum atomic E-state index is 12.5. The van der Waals surface area contributed by atoms with Crippen LogP contribution >= 0.6 is 11.6 Å². The van der Waals surface area contributed by atoms with Gasteiger partial charge in [0.05, 0.1) is 16.3 Å². The minimum Gasteiger partial charge on any atom is -0.282 e. The number of hydrogen-bond acceptors (Lipinski definition) is 4. The first-order chi connectivity index (χ1) is 8.70. The summed E-state index contributed by atoms with van der Waals surface area (Å²) in [5.41, 5.74) is -0.423. The molecule has 0 aromatic heterocycles. The third-order valence-electron chi connectivity index (χ3n) is 2.04. The molecular weight excluding hydrogens is 324 g/mol. The molecule has 1 aromatic carbocycles. The molecule has 0 saturated heterocycles. The Morgan fingerprint density at radius 2 is 1.74 bits per heavy atom. The summed E-state index contributed by atoms with van der Waals surface area (Å²) in [5.74, 6) is -4.30. The van der Waals surface area contributed by atoms with E-state index >= 15 is 0 Å². The molecule has 0 amide bonds. The highest BCUT2D eigenvalue weighted by molar-refractivity contribution is 7.93. The lowest BCUT2D eigenvalue weighted by Crippen LogP contribution is -2.20. The van der Waals surface area contributed by atoms with Gasteiger partial charge < -0.3 is 0 Å². The van der Waals surface area contributed by atoms with Crippen molar-refractivity contribution < 1.29 is 25.6 Å². The summed E-state index contributed by atoms with van der Waals surface area (Å²) in [5, 5.41) is 0. The van der Waals surface area contributed by atoms with Gasteiger partial charge in [-0.05, 0) is 12.1 Å². The molecule has 0 spiro atoms. The standard InChI is InChI=1S/C9H10ClF2NO4S2/c10-5-6-18(14,15)13-7-3-1-2-4-8(7)19(16,17)9(11)12/h1-4,9,13H,5-6H2. The largest absolute Gasteiger partial charge is 0.341 e. The van der Waals surface area contributed by atoms with Gasteiger partial charge >= 0.3 is 5.76 Å². The van der Waals surface area contributed by atoms with Gasteiger partial charge in [0.1, 0.15) is 0 Å². The Bertz CT molecular complexity index is 646. The van der Waals surface area contributed by atoms with Gasteiger partial charge in [-0.1, -0.05) is 12.1 Å². The molecule has 0 bridgehead atoms. The van der Waals surface area contributed by atoms with E-state index in [9.17, 15) is 25.6 Å². The van der Waals surface area contributed by atoms with Crippen molar-refractivity contribution in [2.75, 3.05) is 16.4 Å². The molecule has 0 unspecified atom stereocenters. The second-order valence-corrected chi connectivity index (χ2v) is 7.52. The van der Waals surface area contributed by atoms with Crippen LogP contribution in [0.1, 0.15) is 0 Å². The number of rotatable bonds is 6. The Morgan fingerprint density at radius 1 is 1.16 bits per heavy atom. The Labute approximate surface area is 114 Å². The highest BCUT2D eigenvalue weighted by atomic mass is 35.5. The fraction of sp³-hybridized carbons (Fsp3) is 0.333. The average molecular weight is 334 g/mol. The molecule has 0 radical (unpaired) electrons. The van der Waals surface area contributed by atoms with E-state index in [4.69, 9.17) is 11.6 Å². The summed E-state index contributed by atoms with van der Waals surface area (Å²) in [6, 6.07) is 4.53. The van der Waals surface area contributed by atoms with Crippen molar-refractivity contribution in [3.05, 3.63) is 24.3 Å². The Balaban J connectivity index is 3.26. The van der Waals surface area contributed by atoms with Gasteiger partial charge in [-0.3, -0.25) is 4.72 Å². The third-order valence-corrected chi connectivity index (χ3v) is 5.16. The van der Waals surface area contributed by atoms with Crippen LogP contribution in [-0.2, 0) is 19.9 Å². The SMILES string of the molecule is O=S(=O)(CCCl)Nc1ccccc1S(=O)(=O)C(F)F. The molecule has 0 aliphatic rings. The lowest BCUT2D eigenvalue weighted by Gasteiger charge is -2.11. The third kappa shape index (κ3) is 4.02. The van der Waals surface area contributed by atoms with E-state index < -0.39 is 42.0 Å². The van der Waals surface area contributed by atoms with Crippen LogP contribution in [0.15, 0.2) is 29.2 Å². The maximum absolute atomic E-state index is 12.5. The molecular formula is C9H10ClF2NO4S2. The first kappa shape index (κ1) is 16.1. The van der Waals surface area contributed by atoms with Gasteiger partial charge in [-0.25, -0.2) is 16.8 Å². The quantitative estimate of drug-likeness (QED) is 0.803. The van der Waals surface area contributed by atoms with Gasteiger partial charge in [-0.2, -0.15) is 8.78 Å². The van der Waals surface area contributed by atoms with E-state index in [2.05, 4.69) is 0 Å². The molecule has 1 N–H and O–H groups in total. The number of benzene rings is 1. The second-order valence-electron chi connectivity index (χ2n) is 3.41. The molecule has 0 aliphatic carbocycles. The minimum atomic E-state index is -4.89. The van der Waals surface area contributed by atoms with Crippen LogP contribution < -0.4 is 4.72 Å². The van der Waals surface area contributed by atoms with Crippen molar-refractivity contribution >= 4 is 37.1 Å². The van der Waals surface area contributed by atoms with Gasteiger partial charge in [0.2, 0.25) is 19.9 Å². The van der Waals surface area contributed by atoms with E-state index in [-0.39, 0.29) is 5.88 Å². The minimum absolute atomic E-state index is 0.209. The first-order valence-electron chi connectivity index (χ1n) is 4.88.